The molecule has 0 aromatic carbocycles. The third-order valence-corrected chi connectivity index (χ3v) is 24.3. The molecule has 0 saturated carbocycles. The Hall–Kier alpha value is -9.69. The summed E-state index contributed by atoms with van der Waals surface area (Å²) in [7, 11) is -8.84. The van der Waals surface area contributed by atoms with Gasteiger partial charge in [0.1, 0.15) is 52.7 Å². The second kappa shape index (κ2) is 52.3. The first-order chi connectivity index (χ1) is 59.6. The zero-order valence-electron chi connectivity index (χ0n) is 71.1. The molecule has 4 aromatic heterocycles. The molecule has 61 heteroatoms. The van der Waals surface area contributed by atoms with E-state index in [1.165, 1.54) is 48.5 Å². The molecule has 0 bridgehead atoms. The van der Waals surface area contributed by atoms with Crippen molar-refractivity contribution < 1.29 is 112 Å². The average Bonchev–Trinajstić information content (AvgIpc) is 1.62. The summed E-state index contributed by atoms with van der Waals surface area (Å²) >= 11 is 10.7. The van der Waals surface area contributed by atoms with Gasteiger partial charge in [-0.15, -0.1) is 0 Å². The molecule has 4 saturated heterocycles. The van der Waals surface area contributed by atoms with Gasteiger partial charge in [-0.3, -0.25) is 90.3 Å². The van der Waals surface area contributed by atoms with Gasteiger partial charge in [0.05, 0.1) is 77.0 Å². The molecule has 4 aliphatic rings. The SMILES string of the molecule is C.C.C.C.CC(C)OC(=O)[C@H](C)NP(=O)(N[C@@H](C)C(=O)OC(C)C)OC[C@@]1(CN=[N+]=[N-])O[C@@H](n2ccc(=O)[nH]c2=O)[C@H](F)[C@@H]1C.CC(C)OC(=O)[C@H](C)NP(=O)(N[C@@H](C)C(=O)OC(C)C)OC[C@@]1(CN=[N+]=[N-])O[C@@H](n2ccc(=O)[nH]c2=O)[C@H](F)[C@@H]1O.C[C@H]1[C@@H](F)[C@H](n2ccc(=O)[nH]c2=O)O[C@@]1(CO)CN=[N+]=[N-].C[C@H]1[C@@H](F)[C@H](n2ccc(=O)[nH]c2=O)O[C@]1(CN=[N+]=[N-])COP(=O)(Cl)Cl. The fourth-order valence-corrected chi connectivity index (χ4v) is 16.9. The Morgan fingerprint density at radius 1 is 0.432 bits per heavy atom. The van der Waals surface area contributed by atoms with Crippen LogP contribution >= 0.6 is 43.9 Å². The van der Waals surface area contributed by atoms with E-state index in [-0.39, 0.29) is 42.8 Å². The number of ether oxygens (including phenoxy) is 8. The minimum atomic E-state index is -4.47. The number of azide groups is 4. The number of carbonyl (C=O) groups excluding carboxylic acids is 4. The van der Waals surface area contributed by atoms with Gasteiger partial charge >= 0.3 is 68.1 Å². The van der Waals surface area contributed by atoms with Gasteiger partial charge in [0.15, 0.2) is 49.6 Å². The van der Waals surface area contributed by atoms with Crippen LogP contribution in [0.25, 0.3) is 41.8 Å². The lowest BCUT2D eigenvalue weighted by Gasteiger charge is -2.34. The number of halogens is 6. The third kappa shape index (κ3) is 32.3. The summed E-state index contributed by atoms with van der Waals surface area (Å²) in [5, 5.41) is 43.7. The lowest BCUT2D eigenvalue weighted by Crippen LogP contribution is -2.50. The van der Waals surface area contributed by atoms with Crippen molar-refractivity contribution >= 4 is 67.8 Å². The van der Waals surface area contributed by atoms with E-state index in [9.17, 15) is 90.2 Å². The summed E-state index contributed by atoms with van der Waals surface area (Å²) in [6, 6.07) is -0.886. The number of aliphatic hydroxyl groups is 2. The van der Waals surface area contributed by atoms with Gasteiger partial charge in [-0.1, -0.05) is 70.9 Å². The maximum atomic E-state index is 15.6. The van der Waals surface area contributed by atoms with Crippen molar-refractivity contribution in [3.63, 3.8) is 0 Å². The molecule has 4 fully saturated rings. The summed E-state index contributed by atoms with van der Waals surface area (Å²) in [5.74, 6) is -6.01. The Morgan fingerprint density at radius 3 is 0.894 bits per heavy atom. The second-order valence-corrected chi connectivity index (χ2v) is 38.4. The fourth-order valence-electron chi connectivity index (χ4n) is 12.5. The minimum Gasteiger partial charge on any atom is -0.462 e. The monoisotopic (exact) mass is 1990 g/mol. The van der Waals surface area contributed by atoms with Crippen LogP contribution in [0.4, 0.5) is 17.6 Å². The van der Waals surface area contributed by atoms with Crippen LogP contribution in [0, 0.1) is 17.8 Å². The van der Waals surface area contributed by atoms with E-state index in [4.69, 9.17) is 96.1 Å². The predicted octanol–water partition coefficient (Wildman–Crippen LogP) is 8.19. The molecule has 0 radical (unpaired) electrons. The average molecular weight is 1990 g/mol. The zero-order valence-corrected chi connectivity index (χ0v) is 75.3. The lowest BCUT2D eigenvalue weighted by molar-refractivity contribution is -0.150. The van der Waals surface area contributed by atoms with Crippen molar-refractivity contribution in [3.8, 4) is 0 Å². The maximum Gasteiger partial charge on any atom is 0.380 e. The van der Waals surface area contributed by atoms with Crippen molar-refractivity contribution in [3.05, 3.63) is 174 Å². The molecule has 0 aliphatic carbocycles. The molecule has 8 heterocycles. The highest BCUT2D eigenvalue weighted by Crippen LogP contribution is 2.59. The number of alkyl halides is 4. The van der Waals surface area contributed by atoms with E-state index in [1.807, 2.05) is 19.9 Å². The number of rotatable bonds is 38. The number of aromatic amines is 4. The van der Waals surface area contributed by atoms with Gasteiger partial charge in [0.25, 0.3) is 22.2 Å². The normalized spacial score (nSPS) is 25.6. The highest BCUT2D eigenvalue weighted by Gasteiger charge is 2.60. The van der Waals surface area contributed by atoms with Crippen molar-refractivity contribution in [1.82, 2.24) is 58.6 Å². The molecule has 10 N–H and O–H groups in total. The van der Waals surface area contributed by atoms with E-state index in [0.29, 0.717) is 4.57 Å². The van der Waals surface area contributed by atoms with Crippen LogP contribution in [0.5, 0.6) is 0 Å². The van der Waals surface area contributed by atoms with E-state index in [0.717, 1.165) is 62.8 Å². The molecule has 4 aliphatic heterocycles. The second-order valence-electron chi connectivity index (χ2n) is 30.3. The number of carbonyl (C=O) groups is 4. The standard InChI is InChI=1S/C23H37FN7O9P.C22H35FN7O10P.C11H13Cl2FN5O5P.C11H14FN5O4.4CH4/c1-12(2)38-20(33)15(6)28-41(36,29-16(7)21(34)39-13(3)4)37-11-23(10-26-30-25)14(5)18(24)19(40-23)31-9-8-17(32)27-22(31)35;1-11(2)38-19(33)13(5)27-41(36,28-14(6)20(34)39-12(3)4)37-10-22(9-25-29-24)17(32)16(23)18(40-22)30-8-7-15(31)26-21(30)35;1-6-8(14)9(19-3-2-7(20)17-10(19)21)24-11(6,4-16-18-15)5-23-25(12,13)22;1-6-8(12)9(17-3-2-7(19)15-10(17)20)21-11(6,5-18)4-14-16-13;;;;/h8-9,12-16,18-19H,10-11H2,1-7H3,(H,27,32,35)(H2,28,29,36);7-8,11-14,16-18,32H,9-10H2,1-6H3,(H,26,31,35)(H2,27,28,36);2-3,6,8-9H,4-5H2,1H3,(H,17,20,21);2-3,6,8-9,18H,4-5H2,1H3,(H,15,19,20);4*1H4/t14-,15-,16-,18+,19+,23+;13-,14-,16+,17-,18+,22+;2*6-,8+,9+,11+;;;;/m0000..../s1. The Labute approximate surface area is 760 Å². The van der Waals surface area contributed by atoms with Crippen LogP contribution in [-0.4, -0.2) is 227 Å². The van der Waals surface area contributed by atoms with Crippen LogP contribution in [0.2, 0.25) is 0 Å². The first-order valence-electron chi connectivity index (χ1n) is 38.5. The molecular weight excluding hydrogens is 1880 g/mol. The Kier molecular flexibility index (Phi) is 47.6. The third-order valence-electron chi connectivity index (χ3n) is 19.4. The first kappa shape index (κ1) is 120. The highest BCUT2D eigenvalue weighted by atomic mass is 35.9. The van der Waals surface area contributed by atoms with Crippen LogP contribution in [0.3, 0.4) is 0 Å². The number of nitrogens with zero attached hydrogens (tertiary/aromatic N) is 16. The number of aliphatic hydroxyl groups excluding tert-OH is 2. The van der Waals surface area contributed by atoms with E-state index in [2.05, 4.69) is 60.5 Å². The largest absolute Gasteiger partial charge is 0.462 e. The number of hydrogen-bond donors (Lipinski definition) is 10. The number of nitrogens with one attached hydrogen (secondary N) is 8. The van der Waals surface area contributed by atoms with Gasteiger partial charge in [-0.05, 0) is 128 Å². The number of hydrogen-bond acceptors (Lipinski definition) is 32. The summed E-state index contributed by atoms with van der Waals surface area (Å²) < 4.78 is 162. The molecule has 0 unspecified atom stereocenters. The first-order valence-corrected chi connectivity index (χ1v) is 45.2. The highest BCUT2D eigenvalue weighted by molar-refractivity contribution is 8.05. The molecule has 0 amide bonds. The van der Waals surface area contributed by atoms with Crippen molar-refractivity contribution in [2.75, 3.05) is 52.6 Å². The van der Waals surface area contributed by atoms with E-state index in [1.54, 1.807) is 55.4 Å². The molecule has 132 heavy (non-hydrogen) atoms. The van der Waals surface area contributed by atoms with Crippen molar-refractivity contribution in [2.45, 2.75) is 260 Å². The lowest BCUT2D eigenvalue weighted by atomic mass is 9.88. The van der Waals surface area contributed by atoms with Crippen LogP contribution < -0.4 is 65.3 Å². The fraction of sp³-hybridized carbons (Fsp3) is 0.718. The molecule has 52 nitrogen and oxygen atoms in total. The quantitative estimate of drug-likeness (QED) is 0.00384. The molecule has 20 atom stereocenters. The zero-order chi connectivity index (χ0) is 96.7. The van der Waals surface area contributed by atoms with Crippen LogP contribution in [0.15, 0.2) is 108 Å². The van der Waals surface area contributed by atoms with Crippen LogP contribution in [-0.2, 0) is 84.3 Å². The Balaban J connectivity index is 0.000000900. The summed E-state index contributed by atoms with van der Waals surface area (Å²) in [5.41, 5.74) is 21.4. The van der Waals surface area contributed by atoms with E-state index < -0.39 is 274 Å². The van der Waals surface area contributed by atoms with Gasteiger partial charge < -0.3 is 61.7 Å². The summed E-state index contributed by atoms with van der Waals surface area (Å²) in [6.45, 7) is 17.9. The van der Waals surface area contributed by atoms with Gasteiger partial charge in [-0.25, -0.2) is 57.1 Å². The molecule has 8 rings (SSSR count). The van der Waals surface area contributed by atoms with Gasteiger partial charge in [0.2, 0.25) is 0 Å². The van der Waals surface area contributed by atoms with Gasteiger partial charge in [0, 0.05) is 86.5 Å². The molecule has 0 spiro atoms. The van der Waals surface area contributed by atoms with Crippen molar-refractivity contribution in [1.29, 1.82) is 0 Å². The molecule has 744 valence electrons. The minimum absolute atomic E-state index is 0. The van der Waals surface area contributed by atoms with E-state index >= 15 is 8.78 Å². The molecular formula is C71H115Cl2F4N24O28P3. The maximum absolute atomic E-state index is 15.6. The summed E-state index contributed by atoms with van der Waals surface area (Å²) in [4.78, 5) is 161. The predicted molar refractivity (Wildman–Crippen MR) is 468 cm³/mol. The Bertz CT molecular complexity index is 5150. The smallest absolute Gasteiger partial charge is 0.380 e. The number of esters is 4. The number of aromatic nitrogens is 8. The van der Waals surface area contributed by atoms with Crippen molar-refractivity contribution in [2.24, 2.45) is 38.2 Å². The molecule has 4 aromatic rings. The topological polar surface area (TPSA) is 724 Å². The van der Waals surface area contributed by atoms with Crippen LogP contribution in [0.1, 0.15) is 158 Å². The number of H-pyrrole nitrogens is 4. The Morgan fingerprint density at radius 2 is 0.652 bits per heavy atom. The van der Waals surface area contributed by atoms with Gasteiger partial charge in [-0.2, -0.15) is 0 Å². The summed E-state index contributed by atoms with van der Waals surface area (Å²) in [6.07, 6.45) is -17.5.